The van der Waals surface area contributed by atoms with E-state index in [1.54, 1.807) is 11.5 Å². The first-order chi connectivity index (χ1) is 17.6. The molecule has 0 atom stereocenters. The monoisotopic (exact) mass is 562 g/mol. The predicted molar refractivity (Wildman–Crippen MR) is 148 cm³/mol. The number of aromatic nitrogens is 2. The normalized spacial score (nSPS) is 11.8. The summed E-state index contributed by atoms with van der Waals surface area (Å²) < 4.78 is 20.5. The molecular weight excluding hydrogens is 540 g/mol. The van der Waals surface area contributed by atoms with Crippen LogP contribution in [0, 0.1) is 0 Å². The summed E-state index contributed by atoms with van der Waals surface area (Å²) in [4.78, 5) is 18.3. The Bertz CT molecular complexity index is 1670. The fourth-order valence-electron chi connectivity index (χ4n) is 3.99. The molecule has 0 unspecified atom stereocenters. The van der Waals surface area contributed by atoms with Gasteiger partial charge in [0.05, 0.1) is 27.1 Å². The highest BCUT2D eigenvalue weighted by molar-refractivity contribution is 9.10. The molecule has 182 valence electrons. The molecule has 0 aliphatic carbocycles. The molecule has 0 N–H and O–H groups in total. The smallest absolute Gasteiger partial charge is 0.274 e. The molecule has 0 aliphatic heterocycles. The van der Waals surface area contributed by atoms with Crippen LogP contribution < -0.4 is 24.3 Å². The second-order valence-corrected chi connectivity index (χ2v) is 9.83. The van der Waals surface area contributed by atoms with Gasteiger partial charge in [-0.1, -0.05) is 47.7 Å². The van der Waals surface area contributed by atoms with E-state index in [0.29, 0.717) is 34.2 Å². The third kappa shape index (κ3) is 4.74. The van der Waals surface area contributed by atoms with Crippen molar-refractivity contribution < 1.29 is 14.2 Å². The summed E-state index contributed by atoms with van der Waals surface area (Å²) in [5, 5.41) is 0. The molecule has 0 aliphatic rings. The molecule has 0 saturated carbocycles. The molecule has 3 aromatic carbocycles. The summed E-state index contributed by atoms with van der Waals surface area (Å²) in [5.74, 6) is 1.95. The molecule has 36 heavy (non-hydrogen) atoms. The number of rotatable bonds is 9. The van der Waals surface area contributed by atoms with Crippen LogP contribution >= 0.6 is 27.3 Å². The highest BCUT2D eigenvalue weighted by Gasteiger charge is 2.14. The third-order valence-corrected chi connectivity index (χ3v) is 7.18. The van der Waals surface area contributed by atoms with Crippen molar-refractivity contribution in [2.75, 3.05) is 20.3 Å². The topological polar surface area (TPSA) is 62.1 Å². The Labute approximate surface area is 220 Å². The lowest BCUT2D eigenvalue weighted by molar-refractivity contribution is 0.209. The first-order valence-electron chi connectivity index (χ1n) is 11.3. The standard InChI is InChI=1S/C28H23BrN2O4S/c1-3-8-19-9-4-7-12-23(19)34-13-14-35-26-20(29)15-18(16-24(26)33-2)17-25-27(32)31-22-11-6-5-10-21(22)30-28(31)36-25/h3-7,9-12,15-17H,1,8,13-14H2,2H3. The van der Waals surface area contributed by atoms with Crippen LogP contribution in [-0.4, -0.2) is 29.7 Å². The van der Waals surface area contributed by atoms with Crippen LogP contribution in [0.1, 0.15) is 11.1 Å². The van der Waals surface area contributed by atoms with Crippen LogP contribution in [0.3, 0.4) is 0 Å². The van der Waals surface area contributed by atoms with E-state index in [4.69, 9.17) is 14.2 Å². The summed E-state index contributed by atoms with van der Waals surface area (Å²) in [6, 6.07) is 19.3. The van der Waals surface area contributed by atoms with E-state index in [0.717, 1.165) is 38.8 Å². The van der Waals surface area contributed by atoms with Gasteiger partial charge in [-0.3, -0.25) is 4.79 Å². The van der Waals surface area contributed by atoms with Crippen LogP contribution in [0.25, 0.3) is 22.1 Å². The summed E-state index contributed by atoms with van der Waals surface area (Å²) in [7, 11) is 1.59. The summed E-state index contributed by atoms with van der Waals surface area (Å²) in [6.07, 6.45) is 4.43. The molecule has 0 bridgehead atoms. The van der Waals surface area contributed by atoms with Gasteiger partial charge in [0, 0.05) is 0 Å². The highest BCUT2D eigenvalue weighted by atomic mass is 79.9. The zero-order chi connectivity index (χ0) is 25.1. The summed E-state index contributed by atoms with van der Waals surface area (Å²) in [5.41, 5.74) is 3.43. The minimum Gasteiger partial charge on any atom is -0.493 e. The van der Waals surface area contributed by atoms with Gasteiger partial charge in [-0.25, -0.2) is 9.38 Å². The Morgan fingerprint density at radius 3 is 2.67 bits per heavy atom. The van der Waals surface area contributed by atoms with Crippen molar-refractivity contribution in [3.8, 4) is 17.2 Å². The number of fused-ring (bicyclic) bond motifs is 3. The lowest BCUT2D eigenvalue weighted by atomic mass is 10.1. The molecule has 0 radical (unpaired) electrons. The fourth-order valence-corrected chi connectivity index (χ4v) is 5.55. The number of para-hydroxylation sites is 3. The number of halogens is 1. The van der Waals surface area contributed by atoms with Crippen molar-refractivity contribution in [1.82, 2.24) is 9.38 Å². The second-order valence-electron chi connectivity index (χ2n) is 7.97. The molecule has 2 aromatic heterocycles. The van der Waals surface area contributed by atoms with E-state index in [2.05, 4.69) is 27.5 Å². The number of ether oxygens (including phenoxy) is 3. The molecule has 0 saturated heterocycles. The number of methoxy groups -OCH3 is 1. The van der Waals surface area contributed by atoms with Gasteiger partial charge in [0.15, 0.2) is 16.5 Å². The van der Waals surface area contributed by atoms with Gasteiger partial charge in [-0.05, 0) is 69.9 Å². The average molecular weight is 563 g/mol. The van der Waals surface area contributed by atoms with E-state index in [9.17, 15) is 4.79 Å². The molecule has 2 heterocycles. The van der Waals surface area contributed by atoms with Crippen LogP contribution in [0.5, 0.6) is 17.2 Å². The highest BCUT2D eigenvalue weighted by Crippen LogP contribution is 2.37. The molecule has 0 fully saturated rings. The minimum absolute atomic E-state index is 0.0898. The van der Waals surface area contributed by atoms with Crippen molar-refractivity contribution >= 4 is 49.3 Å². The zero-order valence-electron chi connectivity index (χ0n) is 19.6. The van der Waals surface area contributed by atoms with Crippen LogP contribution in [0.15, 0.2) is 82.6 Å². The predicted octanol–water partition coefficient (Wildman–Crippen LogP) is 5.41. The van der Waals surface area contributed by atoms with Crippen molar-refractivity contribution in [3.05, 3.63) is 104 Å². The Kier molecular flexibility index (Phi) is 7.06. The summed E-state index contributed by atoms with van der Waals surface area (Å²) >= 11 is 4.95. The Hall–Kier alpha value is -3.62. The Morgan fingerprint density at radius 1 is 1.06 bits per heavy atom. The van der Waals surface area contributed by atoms with Gasteiger partial charge < -0.3 is 14.2 Å². The quantitative estimate of drug-likeness (QED) is 0.177. The van der Waals surface area contributed by atoms with Crippen LogP contribution in [-0.2, 0) is 6.42 Å². The van der Waals surface area contributed by atoms with Gasteiger partial charge in [-0.2, -0.15) is 0 Å². The van der Waals surface area contributed by atoms with Crippen molar-refractivity contribution in [2.24, 2.45) is 0 Å². The lowest BCUT2D eigenvalue weighted by Crippen LogP contribution is -2.22. The number of imidazole rings is 1. The molecule has 0 amide bonds. The van der Waals surface area contributed by atoms with E-state index >= 15 is 0 Å². The maximum absolute atomic E-state index is 13.1. The molecule has 6 nitrogen and oxygen atoms in total. The van der Waals surface area contributed by atoms with Crippen molar-refractivity contribution in [3.63, 3.8) is 0 Å². The molecular formula is C28H23BrN2O4S. The van der Waals surface area contributed by atoms with Gasteiger partial charge in [0.25, 0.3) is 5.56 Å². The minimum atomic E-state index is -0.0898. The largest absolute Gasteiger partial charge is 0.493 e. The van der Waals surface area contributed by atoms with Crippen molar-refractivity contribution in [1.29, 1.82) is 0 Å². The van der Waals surface area contributed by atoms with E-state index in [1.807, 2.05) is 72.8 Å². The Morgan fingerprint density at radius 2 is 1.83 bits per heavy atom. The molecule has 0 spiro atoms. The first kappa shape index (κ1) is 24.1. The maximum atomic E-state index is 13.1. The fraction of sp³-hybridized carbons (Fsp3) is 0.143. The van der Waals surface area contributed by atoms with Gasteiger partial charge in [0.1, 0.15) is 19.0 Å². The summed E-state index contributed by atoms with van der Waals surface area (Å²) in [6.45, 7) is 4.51. The Balaban J connectivity index is 1.36. The molecule has 8 heteroatoms. The lowest BCUT2D eigenvalue weighted by Gasteiger charge is -2.15. The van der Waals surface area contributed by atoms with E-state index in [-0.39, 0.29) is 5.56 Å². The van der Waals surface area contributed by atoms with Gasteiger partial charge in [-0.15, -0.1) is 6.58 Å². The molecule has 5 rings (SSSR count). The van der Waals surface area contributed by atoms with Gasteiger partial charge >= 0.3 is 0 Å². The SMILES string of the molecule is C=CCc1ccccc1OCCOc1c(Br)cc(C=c2sc3nc4ccccc4n3c2=O)cc1OC. The van der Waals surface area contributed by atoms with E-state index < -0.39 is 0 Å². The zero-order valence-corrected chi connectivity index (χ0v) is 22.0. The first-order valence-corrected chi connectivity index (χ1v) is 12.9. The number of thiazole rings is 1. The average Bonchev–Trinajstić information content (AvgIpc) is 3.39. The maximum Gasteiger partial charge on any atom is 0.274 e. The number of benzene rings is 3. The second kappa shape index (κ2) is 10.6. The number of hydrogen-bond acceptors (Lipinski definition) is 6. The van der Waals surface area contributed by atoms with Crippen molar-refractivity contribution in [2.45, 2.75) is 6.42 Å². The number of nitrogens with zero attached hydrogens (tertiary/aromatic N) is 2. The number of hydrogen-bond donors (Lipinski definition) is 0. The van der Waals surface area contributed by atoms with Crippen LogP contribution in [0.2, 0.25) is 0 Å². The third-order valence-electron chi connectivity index (χ3n) is 5.62. The van der Waals surface area contributed by atoms with E-state index in [1.165, 1.54) is 11.3 Å². The van der Waals surface area contributed by atoms with Crippen LogP contribution in [0.4, 0.5) is 0 Å². The molecule has 5 aromatic rings. The number of allylic oxidation sites excluding steroid dienone is 1. The van der Waals surface area contributed by atoms with Gasteiger partial charge in [0.2, 0.25) is 0 Å².